The quantitative estimate of drug-likeness (QED) is 0.272. The van der Waals surface area contributed by atoms with Gasteiger partial charge in [0.05, 0.1) is 5.02 Å². The summed E-state index contributed by atoms with van der Waals surface area (Å²) < 4.78 is 5.99. The van der Waals surface area contributed by atoms with Crippen LogP contribution < -0.4 is 22.2 Å². The molecule has 10 nitrogen and oxygen atoms in total. The van der Waals surface area contributed by atoms with Gasteiger partial charge in [0.2, 0.25) is 0 Å². The zero-order valence-electron chi connectivity index (χ0n) is 17.0. The molecule has 2 heterocycles. The van der Waals surface area contributed by atoms with Crippen LogP contribution in [0.1, 0.15) is 21.7 Å². The summed E-state index contributed by atoms with van der Waals surface area (Å²) in [6.07, 6.45) is 0.323. The lowest BCUT2D eigenvalue weighted by atomic mass is 10.1. The van der Waals surface area contributed by atoms with Crippen LogP contribution >= 0.6 is 34.8 Å². The number of aromatic amines is 1. The second-order valence-corrected chi connectivity index (χ2v) is 8.37. The molecule has 0 aliphatic carbocycles. The minimum Gasteiger partial charge on any atom is -0.421 e. The Morgan fingerprint density at radius 2 is 1.74 bits per heavy atom. The van der Waals surface area contributed by atoms with Gasteiger partial charge in [-0.15, -0.1) is 0 Å². The number of H-pyrrole nitrogens is 1. The lowest BCUT2D eigenvalue weighted by Crippen LogP contribution is -2.45. The van der Waals surface area contributed by atoms with Crippen molar-refractivity contribution in [1.82, 2.24) is 25.6 Å². The van der Waals surface area contributed by atoms with Gasteiger partial charge in [0.25, 0.3) is 11.8 Å². The third-order valence-electron chi connectivity index (χ3n) is 4.62. The zero-order valence-corrected chi connectivity index (χ0v) is 19.3. The maximum Gasteiger partial charge on any atom is 0.349 e. The first-order valence-electron chi connectivity index (χ1n) is 9.62. The smallest absolute Gasteiger partial charge is 0.349 e. The van der Waals surface area contributed by atoms with Crippen molar-refractivity contribution in [3.05, 3.63) is 95.4 Å². The molecule has 4 aromatic rings. The molecule has 0 aliphatic rings. The van der Waals surface area contributed by atoms with Crippen LogP contribution in [-0.2, 0) is 17.8 Å². The third kappa shape index (κ3) is 5.30. The van der Waals surface area contributed by atoms with E-state index in [0.717, 1.165) is 10.2 Å². The average molecular weight is 523 g/mol. The van der Waals surface area contributed by atoms with Crippen molar-refractivity contribution in [1.29, 1.82) is 0 Å². The summed E-state index contributed by atoms with van der Waals surface area (Å²) in [5.74, 6) is -1.34. The van der Waals surface area contributed by atoms with E-state index in [-0.39, 0.29) is 21.2 Å². The molecule has 3 N–H and O–H groups in total. The number of carbonyl (C=O) groups is 2. The summed E-state index contributed by atoms with van der Waals surface area (Å²) in [5.41, 5.74) is 3.21. The third-order valence-corrected chi connectivity index (χ3v) is 5.37. The number of hydrogen-bond donors (Lipinski definition) is 3. The van der Waals surface area contributed by atoms with Gasteiger partial charge >= 0.3 is 11.3 Å². The number of hydrogen-bond acceptors (Lipinski definition) is 6. The molecule has 0 radical (unpaired) electrons. The van der Waals surface area contributed by atoms with Crippen LogP contribution in [-0.4, -0.2) is 26.6 Å². The van der Waals surface area contributed by atoms with E-state index >= 15 is 0 Å². The van der Waals surface area contributed by atoms with Gasteiger partial charge in [-0.1, -0.05) is 46.9 Å². The maximum atomic E-state index is 12.4. The van der Waals surface area contributed by atoms with Crippen molar-refractivity contribution >= 4 is 57.6 Å². The molecule has 13 heteroatoms. The van der Waals surface area contributed by atoms with E-state index in [4.69, 9.17) is 39.2 Å². The van der Waals surface area contributed by atoms with Gasteiger partial charge in [-0.25, -0.2) is 14.3 Å². The van der Waals surface area contributed by atoms with Crippen molar-refractivity contribution in [2.24, 2.45) is 0 Å². The normalized spacial score (nSPS) is 10.9. The van der Waals surface area contributed by atoms with Crippen molar-refractivity contribution in [2.75, 3.05) is 0 Å². The van der Waals surface area contributed by atoms with E-state index in [2.05, 4.69) is 20.9 Å². The van der Waals surface area contributed by atoms with Gasteiger partial charge in [0.1, 0.15) is 17.9 Å². The standard InChI is InChI=1S/C21H14Cl3N5O5/c22-12-3-1-10(2-4-12)5-16-25-21(33)29(28-16)9-17(30)26-27-19(31)14-7-11-6-13(23)8-15(24)18(11)34-20(14)32/h1-4,6-8H,5,9H2,(H,26,30)(H,27,31)(H,25,28,33). The number of aromatic nitrogens is 3. The molecule has 0 fully saturated rings. The molecule has 0 unspecified atom stereocenters. The molecular formula is C21H14Cl3N5O5. The highest BCUT2D eigenvalue weighted by Crippen LogP contribution is 2.27. The minimum absolute atomic E-state index is 0.0731. The Kier molecular flexibility index (Phi) is 6.73. The molecule has 0 bridgehead atoms. The Morgan fingerprint density at radius 3 is 2.47 bits per heavy atom. The van der Waals surface area contributed by atoms with E-state index in [1.807, 2.05) is 0 Å². The molecule has 0 saturated heterocycles. The fourth-order valence-corrected chi connectivity index (χ4v) is 3.74. The molecule has 2 aromatic heterocycles. The van der Waals surface area contributed by atoms with E-state index in [0.29, 0.717) is 22.7 Å². The van der Waals surface area contributed by atoms with Crippen LogP contribution in [0, 0.1) is 0 Å². The van der Waals surface area contributed by atoms with Crippen LogP contribution in [0.4, 0.5) is 0 Å². The van der Waals surface area contributed by atoms with Gasteiger partial charge in [0.15, 0.2) is 5.58 Å². The van der Waals surface area contributed by atoms with E-state index in [1.54, 1.807) is 24.3 Å². The molecule has 4 rings (SSSR count). The van der Waals surface area contributed by atoms with Gasteiger partial charge < -0.3 is 4.42 Å². The van der Waals surface area contributed by atoms with Crippen LogP contribution in [0.15, 0.2) is 56.5 Å². The Morgan fingerprint density at radius 1 is 1.00 bits per heavy atom. The molecular weight excluding hydrogens is 509 g/mol. The van der Waals surface area contributed by atoms with E-state index in [1.165, 1.54) is 18.2 Å². The largest absolute Gasteiger partial charge is 0.421 e. The average Bonchev–Trinajstić information content (AvgIpc) is 3.12. The monoisotopic (exact) mass is 521 g/mol. The van der Waals surface area contributed by atoms with Crippen molar-refractivity contribution < 1.29 is 14.0 Å². The maximum absolute atomic E-state index is 12.4. The fourth-order valence-electron chi connectivity index (χ4n) is 3.07. The highest BCUT2D eigenvalue weighted by atomic mass is 35.5. The number of halogens is 3. The van der Waals surface area contributed by atoms with Gasteiger partial charge in [-0.3, -0.25) is 25.4 Å². The highest BCUT2D eigenvalue weighted by Gasteiger charge is 2.17. The Labute approximate surface area is 205 Å². The summed E-state index contributed by atoms with van der Waals surface area (Å²) in [7, 11) is 0. The SMILES string of the molecule is O=C(Cn1nc(Cc2ccc(Cl)cc2)[nH]c1=O)NNC(=O)c1cc2cc(Cl)cc(Cl)c2oc1=O. The molecule has 0 atom stereocenters. The predicted molar refractivity (Wildman–Crippen MR) is 125 cm³/mol. The summed E-state index contributed by atoms with van der Waals surface area (Å²) >= 11 is 17.8. The number of nitrogens with zero attached hydrogens (tertiary/aromatic N) is 2. The van der Waals surface area contributed by atoms with Crippen molar-refractivity contribution in [2.45, 2.75) is 13.0 Å². The van der Waals surface area contributed by atoms with Gasteiger partial charge in [-0.05, 0) is 35.9 Å². The Bertz CT molecular complexity index is 1520. The first-order valence-corrected chi connectivity index (χ1v) is 10.8. The predicted octanol–water partition coefficient (Wildman–Crippen LogP) is 2.69. The van der Waals surface area contributed by atoms with Crippen LogP contribution in [0.2, 0.25) is 15.1 Å². The lowest BCUT2D eigenvalue weighted by Gasteiger charge is -2.07. The molecule has 0 saturated carbocycles. The number of benzene rings is 2. The first-order chi connectivity index (χ1) is 16.2. The van der Waals surface area contributed by atoms with E-state index in [9.17, 15) is 19.2 Å². The van der Waals surface area contributed by atoms with Gasteiger partial charge in [-0.2, -0.15) is 5.10 Å². The molecule has 2 amide bonds. The van der Waals surface area contributed by atoms with E-state index < -0.39 is 29.7 Å². The van der Waals surface area contributed by atoms with Gasteiger partial charge in [0, 0.05) is 21.9 Å². The molecule has 0 spiro atoms. The zero-order chi connectivity index (χ0) is 24.4. The molecule has 2 aromatic carbocycles. The number of amides is 2. The number of fused-ring (bicyclic) bond motifs is 1. The molecule has 174 valence electrons. The number of nitrogens with one attached hydrogen (secondary N) is 3. The Balaban J connectivity index is 1.40. The van der Waals surface area contributed by atoms with Crippen LogP contribution in [0.3, 0.4) is 0 Å². The molecule has 0 aliphatic heterocycles. The topological polar surface area (TPSA) is 139 Å². The summed E-state index contributed by atoms with van der Waals surface area (Å²) in [5, 5.41) is 5.37. The number of hydrazine groups is 1. The molecule has 34 heavy (non-hydrogen) atoms. The fraction of sp³-hybridized carbons (Fsp3) is 0.0952. The highest BCUT2D eigenvalue weighted by molar-refractivity contribution is 6.38. The summed E-state index contributed by atoms with van der Waals surface area (Å²) in [6, 6.07) is 11.1. The minimum atomic E-state index is -0.959. The Hall–Kier alpha value is -3.60. The van der Waals surface area contributed by atoms with Crippen LogP contribution in [0.25, 0.3) is 11.0 Å². The number of carbonyl (C=O) groups excluding carboxylic acids is 2. The van der Waals surface area contributed by atoms with Crippen molar-refractivity contribution in [3.63, 3.8) is 0 Å². The second-order valence-electron chi connectivity index (χ2n) is 7.09. The summed E-state index contributed by atoms with van der Waals surface area (Å²) in [4.78, 5) is 51.4. The number of rotatable bonds is 5. The second kappa shape index (κ2) is 9.72. The van der Waals surface area contributed by atoms with Crippen molar-refractivity contribution in [3.8, 4) is 0 Å². The lowest BCUT2D eigenvalue weighted by molar-refractivity contribution is -0.122. The van der Waals surface area contributed by atoms with Crippen LogP contribution in [0.5, 0.6) is 0 Å². The summed E-state index contributed by atoms with van der Waals surface area (Å²) in [6.45, 7) is -0.478. The first kappa shape index (κ1) is 23.6.